The van der Waals surface area contributed by atoms with Gasteiger partial charge in [0.2, 0.25) is 0 Å². The van der Waals surface area contributed by atoms with Gasteiger partial charge in [0.15, 0.2) is 5.76 Å². The van der Waals surface area contributed by atoms with E-state index in [1.807, 2.05) is 18.2 Å². The third-order valence-corrected chi connectivity index (χ3v) is 4.45. The Kier molecular flexibility index (Phi) is 4.70. The van der Waals surface area contributed by atoms with Crippen LogP contribution in [0.3, 0.4) is 0 Å². The lowest BCUT2D eigenvalue weighted by atomic mass is 10.1. The number of fused-ring (bicyclic) bond motifs is 1. The predicted octanol–water partition coefficient (Wildman–Crippen LogP) is 3.55. The molecular formula is C17H14IN3O3. The summed E-state index contributed by atoms with van der Waals surface area (Å²) < 4.78 is 0.904. The number of anilines is 2. The Bertz CT molecular complexity index is 835. The number of hydrogen-bond donors (Lipinski definition) is 4. The van der Waals surface area contributed by atoms with Crippen molar-refractivity contribution >= 4 is 45.9 Å². The molecule has 122 valence electrons. The monoisotopic (exact) mass is 435 g/mol. The van der Waals surface area contributed by atoms with E-state index in [1.54, 1.807) is 30.3 Å². The van der Waals surface area contributed by atoms with Gasteiger partial charge in [-0.25, -0.2) is 4.79 Å². The van der Waals surface area contributed by atoms with Gasteiger partial charge in [-0.3, -0.25) is 4.79 Å². The molecule has 1 heterocycles. The fourth-order valence-electron chi connectivity index (χ4n) is 2.37. The van der Waals surface area contributed by atoms with Crippen molar-refractivity contribution in [3.05, 3.63) is 69.5 Å². The number of para-hydroxylation sites is 2. The minimum Gasteiger partial charge on any atom is -0.503 e. The second-order valence-electron chi connectivity index (χ2n) is 5.15. The molecule has 0 aromatic heterocycles. The number of rotatable bonds is 2. The van der Waals surface area contributed by atoms with E-state index in [1.165, 1.54) is 6.08 Å². The van der Waals surface area contributed by atoms with Crippen LogP contribution in [0.2, 0.25) is 0 Å². The van der Waals surface area contributed by atoms with Crippen molar-refractivity contribution in [1.29, 1.82) is 0 Å². The highest BCUT2D eigenvalue weighted by molar-refractivity contribution is 14.1. The van der Waals surface area contributed by atoms with Crippen LogP contribution in [0, 0.1) is 3.57 Å². The van der Waals surface area contributed by atoms with E-state index < -0.39 is 23.7 Å². The maximum atomic E-state index is 12.3. The maximum absolute atomic E-state index is 12.3. The van der Waals surface area contributed by atoms with Gasteiger partial charge in [0, 0.05) is 14.8 Å². The molecule has 3 amide bonds. The molecule has 0 saturated carbocycles. The Morgan fingerprint density at radius 2 is 1.83 bits per heavy atom. The van der Waals surface area contributed by atoms with Crippen LogP contribution in [0.4, 0.5) is 16.2 Å². The minimum atomic E-state index is -0.637. The highest BCUT2D eigenvalue weighted by atomic mass is 127. The molecule has 24 heavy (non-hydrogen) atoms. The number of halogens is 1. The second-order valence-corrected chi connectivity index (χ2v) is 6.31. The number of aliphatic hydroxyl groups excluding tert-OH is 1. The van der Waals surface area contributed by atoms with Crippen molar-refractivity contribution in [1.82, 2.24) is 5.32 Å². The Morgan fingerprint density at radius 1 is 1.12 bits per heavy atom. The Hall–Kier alpha value is -2.55. The predicted molar refractivity (Wildman–Crippen MR) is 99.8 cm³/mol. The Labute approximate surface area is 152 Å². The molecule has 0 fully saturated rings. The summed E-state index contributed by atoms with van der Waals surface area (Å²) in [5.41, 5.74) is 1.91. The van der Waals surface area contributed by atoms with Gasteiger partial charge in [-0.15, -0.1) is 0 Å². The first-order valence-corrected chi connectivity index (χ1v) is 8.25. The summed E-state index contributed by atoms with van der Waals surface area (Å²) in [5, 5.41) is 17.9. The lowest BCUT2D eigenvalue weighted by molar-refractivity contribution is -0.115. The molecular weight excluding hydrogens is 421 g/mol. The third kappa shape index (κ3) is 3.51. The first-order valence-electron chi connectivity index (χ1n) is 7.17. The average Bonchev–Trinajstić information content (AvgIpc) is 2.67. The summed E-state index contributed by atoms with van der Waals surface area (Å²) in [4.78, 5) is 24.1. The van der Waals surface area contributed by atoms with Gasteiger partial charge in [-0.05, 0) is 46.9 Å². The zero-order valence-electron chi connectivity index (χ0n) is 12.4. The van der Waals surface area contributed by atoms with E-state index in [-0.39, 0.29) is 0 Å². The number of carbonyl (C=O) groups excluding carboxylic acids is 2. The summed E-state index contributed by atoms with van der Waals surface area (Å²) in [5.74, 6) is -1.05. The van der Waals surface area contributed by atoms with Gasteiger partial charge in [-0.1, -0.05) is 30.3 Å². The van der Waals surface area contributed by atoms with E-state index in [0.29, 0.717) is 16.9 Å². The fraction of sp³-hybridized carbons (Fsp3) is 0.0588. The molecule has 0 bridgehead atoms. The normalized spacial score (nSPS) is 16.3. The van der Waals surface area contributed by atoms with Gasteiger partial charge < -0.3 is 21.1 Å². The molecule has 1 unspecified atom stereocenters. The third-order valence-electron chi connectivity index (χ3n) is 3.51. The van der Waals surface area contributed by atoms with Gasteiger partial charge >= 0.3 is 6.03 Å². The molecule has 0 spiro atoms. The summed E-state index contributed by atoms with van der Waals surface area (Å²) in [6, 6.07) is 13.4. The van der Waals surface area contributed by atoms with Crippen molar-refractivity contribution in [2.24, 2.45) is 0 Å². The number of benzene rings is 2. The smallest absolute Gasteiger partial charge is 0.320 e. The number of carbonyl (C=O) groups is 2. The summed E-state index contributed by atoms with van der Waals surface area (Å²) in [6.07, 6.45) is 1.32. The number of amides is 3. The van der Waals surface area contributed by atoms with Crippen LogP contribution in [0.5, 0.6) is 0 Å². The van der Waals surface area contributed by atoms with Gasteiger partial charge in [0.25, 0.3) is 5.91 Å². The van der Waals surface area contributed by atoms with Crippen LogP contribution < -0.4 is 16.0 Å². The van der Waals surface area contributed by atoms with Crippen molar-refractivity contribution < 1.29 is 14.7 Å². The van der Waals surface area contributed by atoms with Crippen molar-refractivity contribution in [3.8, 4) is 0 Å². The van der Waals surface area contributed by atoms with Crippen molar-refractivity contribution in [3.63, 3.8) is 0 Å². The lowest BCUT2D eigenvalue weighted by Gasteiger charge is -2.17. The van der Waals surface area contributed by atoms with Crippen molar-refractivity contribution in [2.45, 2.75) is 6.04 Å². The van der Waals surface area contributed by atoms with Crippen LogP contribution in [-0.2, 0) is 4.79 Å². The van der Waals surface area contributed by atoms with E-state index >= 15 is 0 Å². The molecule has 4 N–H and O–H groups in total. The largest absolute Gasteiger partial charge is 0.503 e. The fourth-order valence-corrected chi connectivity index (χ4v) is 2.90. The van der Waals surface area contributed by atoms with Crippen LogP contribution >= 0.6 is 22.6 Å². The Balaban J connectivity index is 1.84. The van der Waals surface area contributed by atoms with E-state index in [4.69, 9.17) is 0 Å². The quantitative estimate of drug-likeness (QED) is 0.544. The molecule has 1 aliphatic rings. The molecule has 7 heteroatoms. The van der Waals surface area contributed by atoms with E-state index in [2.05, 4.69) is 38.5 Å². The molecule has 0 aliphatic carbocycles. The van der Waals surface area contributed by atoms with Crippen LogP contribution in [0.1, 0.15) is 11.6 Å². The number of nitrogens with one attached hydrogen (secondary N) is 3. The standard InChI is InChI=1S/C17H14IN3O3/c18-11-6-2-4-8-13(11)20-17(24)21-14-9-15(22)16(23)19-12-7-3-1-5-10(12)14/h1-9,14,22H,(H,19,23)(H2,20,21,24). The maximum Gasteiger partial charge on any atom is 0.320 e. The lowest BCUT2D eigenvalue weighted by Crippen LogP contribution is -2.32. The first kappa shape index (κ1) is 16.3. The van der Waals surface area contributed by atoms with E-state index in [0.717, 1.165) is 3.57 Å². The average molecular weight is 435 g/mol. The van der Waals surface area contributed by atoms with Gasteiger partial charge in [-0.2, -0.15) is 0 Å². The second kappa shape index (κ2) is 6.91. The zero-order valence-corrected chi connectivity index (χ0v) is 14.6. The zero-order chi connectivity index (χ0) is 17.1. The highest BCUT2D eigenvalue weighted by Gasteiger charge is 2.23. The van der Waals surface area contributed by atoms with Crippen LogP contribution in [-0.4, -0.2) is 17.0 Å². The Morgan fingerprint density at radius 3 is 2.62 bits per heavy atom. The van der Waals surface area contributed by atoms with Crippen LogP contribution in [0.15, 0.2) is 60.4 Å². The van der Waals surface area contributed by atoms with Crippen molar-refractivity contribution in [2.75, 3.05) is 10.6 Å². The van der Waals surface area contributed by atoms with Gasteiger partial charge in [0.1, 0.15) is 0 Å². The molecule has 6 nitrogen and oxygen atoms in total. The first-order chi connectivity index (χ1) is 11.5. The SMILES string of the molecule is O=C(Nc1ccccc1I)NC1C=C(O)C(=O)Nc2ccccc21. The number of hydrogen-bond acceptors (Lipinski definition) is 3. The van der Waals surface area contributed by atoms with Gasteiger partial charge in [0.05, 0.1) is 11.7 Å². The summed E-state index contributed by atoms with van der Waals surface area (Å²) in [7, 11) is 0. The molecule has 3 rings (SSSR count). The molecule has 2 aromatic rings. The number of aliphatic hydroxyl groups is 1. The topological polar surface area (TPSA) is 90.5 Å². The minimum absolute atomic E-state index is 0.433. The summed E-state index contributed by atoms with van der Waals surface area (Å²) in [6.45, 7) is 0. The number of urea groups is 1. The van der Waals surface area contributed by atoms with Crippen LogP contribution in [0.25, 0.3) is 0 Å². The molecule has 1 aliphatic heterocycles. The summed E-state index contributed by atoms with van der Waals surface area (Å²) >= 11 is 2.13. The molecule has 0 saturated heterocycles. The molecule has 2 aromatic carbocycles. The van der Waals surface area contributed by atoms with E-state index in [9.17, 15) is 14.7 Å². The molecule has 0 radical (unpaired) electrons. The highest BCUT2D eigenvalue weighted by Crippen LogP contribution is 2.28. The molecule has 1 atom stereocenters.